The molecule has 1 aliphatic heterocycles. The summed E-state index contributed by atoms with van der Waals surface area (Å²) in [7, 11) is 1.59. The van der Waals surface area contributed by atoms with Crippen LogP contribution in [0.1, 0.15) is 18.9 Å². The van der Waals surface area contributed by atoms with Gasteiger partial charge in [-0.25, -0.2) is 0 Å². The van der Waals surface area contributed by atoms with Crippen molar-refractivity contribution in [2.75, 3.05) is 13.7 Å². The van der Waals surface area contributed by atoms with Gasteiger partial charge < -0.3 is 14.9 Å². The molecule has 2 atom stereocenters. The van der Waals surface area contributed by atoms with Crippen molar-refractivity contribution in [2.45, 2.75) is 25.5 Å². The molecule has 0 radical (unpaired) electrons. The first-order valence-corrected chi connectivity index (χ1v) is 6.76. The predicted octanol–water partition coefficient (Wildman–Crippen LogP) is 1.98. The summed E-state index contributed by atoms with van der Waals surface area (Å²) in [6, 6.07) is 7.29. The number of amides is 1. The Bertz CT molecular complexity index is 519. The van der Waals surface area contributed by atoms with E-state index in [1.807, 2.05) is 25.1 Å². The molecule has 5 nitrogen and oxygen atoms in total. The van der Waals surface area contributed by atoms with Crippen LogP contribution in [-0.4, -0.2) is 37.5 Å². The minimum absolute atomic E-state index is 0.0690. The molecule has 1 aromatic carbocycles. The van der Waals surface area contributed by atoms with Crippen molar-refractivity contribution in [1.82, 2.24) is 5.32 Å². The summed E-state index contributed by atoms with van der Waals surface area (Å²) in [5.41, 5.74) is 1.49. The third-order valence-corrected chi connectivity index (χ3v) is 3.28. The molecule has 1 aromatic rings. The fourth-order valence-corrected chi connectivity index (χ4v) is 2.24. The van der Waals surface area contributed by atoms with Gasteiger partial charge in [0, 0.05) is 30.2 Å². The summed E-state index contributed by atoms with van der Waals surface area (Å²) in [5.74, 6) is -0.194. The smallest absolute Gasteiger partial charge is 0.264 e. The monoisotopic (exact) mass is 296 g/mol. The second-order valence-corrected chi connectivity index (χ2v) is 5.09. The summed E-state index contributed by atoms with van der Waals surface area (Å²) in [6.07, 6.45) is -0.199. The molecule has 1 heterocycles. The first-order chi connectivity index (χ1) is 9.61. The van der Waals surface area contributed by atoms with E-state index in [4.69, 9.17) is 21.2 Å². The molecule has 1 amide bonds. The van der Waals surface area contributed by atoms with E-state index >= 15 is 0 Å². The van der Waals surface area contributed by atoms with E-state index in [1.165, 1.54) is 0 Å². The number of halogens is 1. The van der Waals surface area contributed by atoms with E-state index < -0.39 is 6.10 Å². The lowest BCUT2D eigenvalue weighted by Crippen LogP contribution is -2.42. The molecule has 0 saturated carbocycles. The zero-order valence-electron chi connectivity index (χ0n) is 11.4. The van der Waals surface area contributed by atoms with Crippen LogP contribution in [0.25, 0.3) is 0 Å². The SMILES string of the molecule is COCC(C)NC(=O)C1CC(c2ccccc2Cl)=NO1. The maximum Gasteiger partial charge on any atom is 0.264 e. The normalized spacial score (nSPS) is 19.1. The zero-order chi connectivity index (χ0) is 14.5. The highest BCUT2D eigenvalue weighted by atomic mass is 35.5. The number of nitrogens with one attached hydrogen (secondary N) is 1. The standard InChI is InChI=1S/C14H17ClN2O3/c1-9(8-19-2)16-14(18)13-7-12(17-20-13)10-5-3-4-6-11(10)15/h3-6,9,13H,7-8H2,1-2H3,(H,16,18). The van der Waals surface area contributed by atoms with Crippen LogP contribution in [0.4, 0.5) is 0 Å². The molecule has 2 unspecified atom stereocenters. The van der Waals surface area contributed by atoms with Crippen LogP contribution in [-0.2, 0) is 14.4 Å². The molecule has 108 valence electrons. The molecule has 1 N–H and O–H groups in total. The molecular formula is C14H17ClN2O3. The quantitative estimate of drug-likeness (QED) is 0.904. The Morgan fingerprint density at radius 3 is 3.05 bits per heavy atom. The molecule has 2 rings (SSSR count). The molecule has 0 spiro atoms. The number of carbonyl (C=O) groups excluding carboxylic acids is 1. The van der Waals surface area contributed by atoms with Crippen LogP contribution in [0.3, 0.4) is 0 Å². The van der Waals surface area contributed by atoms with Crippen molar-refractivity contribution in [2.24, 2.45) is 5.16 Å². The van der Waals surface area contributed by atoms with Gasteiger partial charge in [-0.1, -0.05) is 35.0 Å². The van der Waals surface area contributed by atoms with Gasteiger partial charge in [-0.2, -0.15) is 0 Å². The fraction of sp³-hybridized carbons (Fsp3) is 0.429. The van der Waals surface area contributed by atoms with E-state index in [2.05, 4.69) is 10.5 Å². The summed E-state index contributed by atoms with van der Waals surface area (Å²) < 4.78 is 4.97. The number of carbonyl (C=O) groups is 1. The molecule has 6 heteroatoms. The van der Waals surface area contributed by atoms with Gasteiger partial charge in [0.05, 0.1) is 12.3 Å². The molecular weight excluding hydrogens is 280 g/mol. The summed E-state index contributed by atoms with van der Waals surface area (Å²) >= 11 is 6.10. The van der Waals surface area contributed by atoms with E-state index in [9.17, 15) is 4.79 Å². The summed E-state index contributed by atoms with van der Waals surface area (Å²) in [6.45, 7) is 2.32. The van der Waals surface area contributed by atoms with Crippen LogP contribution >= 0.6 is 11.6 Å². The zero-order valence-corrected chi connectivity index (χ0v) is 12.2. The second-order valence-electron chi connectivity index (χ2n) is 4.68. The van der Waals surface area contributed by atoms with Gasteiger partial charge in [0.15, 0.2) is 0 Å². The number of nitrogens with zero attached hydrogens (tertiary/aromatic N) is 1. The summed E-state index contributed by atoms with van der Waals surface area (Å²) in [5, 5.41) is 7.38. The van der Waals surface area contributed by atoms with Crippen LogP contribution < -0.4 is 5.32 Å². The van der Waals surface area contributed by atoms with Gasteiger partial charge in [0.1, 0.15) is 0 Å². The van der Waals surface area contributed by atoms with Crippen molar-refractivity contribution >= 4 is 23.2 Å². The average molecular weight is 297 g/mol. The number of ether oxygens (including phenoxy) is 1. The largest absolute Gasteiger partial charge is 0.383 e. The second kappa shape index (κ2) is 6.72. The Morgan fingerprint density at radius 2 is 2.35 bits per heavy atom. The number of rotatable bonds is 5. The fourth-order valence-electron chi connectivity index (χ4n) is 2.00. The van der Waals surface area contributed by atoms with E-state index in [-0.39, 0.29) is 11.9 Å². The molecule has 0 saturated heterocycles. The van der Waals surface area contributed by atoms with E-state index in [1.54, 1.807) is 13.2 Å². The lowest BCUT2D eigenvalue weighted by atomic mass is 10.0. The predicted molar refractivity (Wildman–Crippen MR) is 77.0 cm³/mol. The Morgan fingerprint density at radius 1 is 1.60 bits per heavy atom. The van der Waals surface area contributed by atoms with Gasteiger partial charge in [-0.3, -0.25) is 4.79 Å². The van der Waals surface area contributed by atoms with Gasteiger partial charge in [0.2, 0.25) is 6.10 Å². The van der Waals surface area contributed by atoms with Crippen LogP contribution in [0.5, 0.6) is 0 Å². The topological polar surface area (TPSA) is 59.9 Å². The number of oxime groups is 1. The first-order valence-electron chi connectivity index (χ1n) is 6.38. The third kappa shape index (κ3) is 3.49. The van der Waals surface area contributed by atoms with Crippen molar-refractivity contribution in [3.8, 4) is 0 Å². The van der Waals surface area contributed by atoms with Crippen LogP contribution in [0, 0.1) is 0 Å². The summed E-state index contributed by atoms with van der Waals surface area (Å²) in [4.78, 5) is 17.2. The molecule has 0 bridgehead atoms. The van der Waals surface area contributed by atoms with Gasteiger partial charge >= 0.3 is 0 Å². The van der Waals surface area contributed by atoms with Crippen molar-refractivity contribution < 1.29 is 14.4 Å². The Kier molecular flexibility index (Phi) is 4.98. The maximum atomic E-state index is 12.0. The molecule has 0 aliphatic carbocycles. The van der Waals surface area contributed by atoms with Gasteiger partial charge in [-0.05, 0) is 13.0 Å². The van der Waals surface area contributed by atoms with E-state index in [0.29, 0.717) is 23.8 Å². The van der Waals surface area contributed by atoms with Crippen LogP contribution in [0.15, 0.2) is 29.4 Å². The highest BCUT2D eigenvalue weighted by Gasteiger charge is 2.30. The third-order valence-electron chi connectivity index (χ3n) is 2.95. The lowest BCUT2D eigenvalue weighted by Gasteiger charge is -2.15. The Balaban J connectivity index is 1.95. The van der Waals surface area contributed by atoms with Crippen molar-refractivity contribution in [1.29, 1.82) is 0 Å². The molecule has 0 aromatic heterocycles. The van der Waals surface area contributed by atoms with Gasteiger partial charge in [0.25, 0.3) is 5.91 Å². The maximum absolute atomic E-state index is 12.0. The van der Waals surface area contributed by atoms with E-state index in [0.717, 1.165) is 5.56 Å². The minimum atomic E-state index is -0.611. The highest BCUT2D eigenvalue weighted by Crippen LogP contribution is 2.22. The number of hydrogen-bond acceptors (Lipinski definition) is 4. The Labute approximate surface area is 122 Å². The first kappa shape index (κ1) is 14.8. The highest BCUT2D eigenvalue weighted by molar-refractivity contribution is 6.34. The van der Waals surface area contributed by atoms with Gasteiger partial charge in [-0.15, -0.1) is 0 Å². The Hall–Kier alpha value is -1.59. The van der Waals surface area contributed by atoms with Crippen LogP contribution in [0.2, 0.25) is 5.02 Å². The molecule has 20 heavy (non-hydrogen) atoms. The average Bonchev–Trinajstić information content (AvgIpc) is 2.89. The van der Waals surface area contributed by atoms with Crippen molar-refractivity contribution in [3.05, 3.63) is 34.9 Å². The number of hydrogen-bond donors (Lipinski definition) is 1. The molecule has 0 fully saturated rings. The van der Waals surface area contributed by atoms with Crippen molar-refractivity contribution in [3.63, 3.8) is 0 Å². The number of benzene rings is 1. The minimum Gasteiger partial charge on any atom is -0.383 e. The number of methoxy groups -OCH3 is 1. The molecule has 1 aliphatic rings. The lowest BCUT2D eigenvalue weighted by molar-refractivity contribution is -0.132.